The first-order chi connectivity index (χ1) is 17.9. The van der Waals surface area contributed by atoms with Crippen LogP contribution in [-0.2, 0) is 24.3 Å². The van der Waals surface area contributed by atoms with Gasteiger partial charge in [0.2, 0.25) is 0 Å². The molecule has 1 saturated carbocycles. The van der Waals surface area contributed by atoms with Crippen LogP contribution in [-0.4, -0.2) is 12.1 Å². The number of urea groups is 1. The molecule has 0 heterocycles. The fourth-order valence-electron chi connectivity index (χ4n) is 4.88. The van der Waals surface area contributed by atoms with E-state index < -0.39 is 46.4 Å². The maximum atomic E-state index is 13.9. The third-order valence-electron chi connectivity index (χ3n) is 6.75. The highest BCUT2D eigenvalue weighted by Crippen LogP contribution is 2.41. The smallest absolute Gasteiger partial charge is 0.335 e. The summed E-state index contributed by atoms with van der Waals surface area (Å²) in [4.78, 5) is 13.2. The third-order valence-corrected chi connectivity index (χ3v) is 6.75. The van der Waals surface area contributed by atoms with Gasteiger partial charge in [-0.3, -0.25) is 0 Å². The molecule has 3 aromatic rings. The van der Waals surface area contributed by atoms with Crippen LogP contribution in [0.4, 0.5) is 35.5 Å². The molecule has 0 aliphatic heterocycles. The molecule has 1 aliphatic rings. The van der Waals surface area contributed by atoms with E-state index in [9.17, 15) is 35.5 Å². The zero-order chi connectivity index (χ0) is 27.6. The number of nitrogens with one attached hydrogen (secondary N) is 2. The van der Waals surface area contributed by atoms with Crippen molar-refractivity contribution in [3.8, 4) is 0 Å². The van der Waals surface area contributed by atoms with Crippen molar-refractivity contribution in [3.05, 3.63) is 106 Å². The first kappa shape index (κ1) is 27.5. The van der Waals surface area contributed by atoms with Crippen LogP contribution in [0.3, 0.4) is 0 Å². The van der Waals surface area contributed by atoms with Gasteiger partial charge in [-0.25, -0.2) is 9.18 Å². The van der Waals surface area contributed by atoms with Gasteiger partial charge < -0.3 is 10.6 Å². The van der Waals surface area contributed by atoms with Crippen molar-refractivity contribution in [2.45, 2.75) is 56.0 Å². The zero-order valence-electron chi connectivity index (χ0n) is 20.1. The summed E-state index contributed by atoms with van der Waals surface area (Å²) in [5.41, 5.74) is -4.71. The minimum Gasteiger partial charge on any atom is -0.335 e. The second kappa shape index (κ2) is 10.7. The number of carbonyl (C=O) groups is 1. The van der Waals surface area contributed by atoms with Gasteiger partial charge in [0, 0.05) is 12.5 Å². The van der Waals surface area contributed by atoms with Gasteiger partial charge in [0.25, 0.3) is 0 Å². The Morgan fingerprint density at radius 2 is 1.26 bits per heavy atom. The first-order valence-electron chi connectivity index (χ1n) is 12.1. The minimum atomic E-state index is -5.09. The number of alkyl halides is 6. The number of hydrogen-bond acceptors (Lipinski definition) is 1. The van der Waals surface area contributed by atoms with E-state index in [1.54, 1.807) is 30.3 Å². The van der Waals surface area contributed by atoms with E-state index in [-0.39, 0.29) is 24.1 Å². The molecular weight excluding hydrogens is 513 g/mol. The van der Waals surface area contributed by atoms with Crippen LogP contribution in [0, 0.1) is 5.82 Å². The predicted molar refractivity (Wildman–Crippen MR) is 128 cm³/mol. The molecule has 0 radical (unpaired) electrons. The number of amides is 2. The molecule has 2 N–H and O–H groups in total. The molecule has 4 rings (SSSR count). The van der Waals surface area contributed by atoms with E-state index >= 15 is 0 Å². The Morgan fingerprint density at radius 3 is 1.79 bits per heavy atom. The maximum Gasteiger partial charge on any atom is 0.416 e. The zero-order valence-corrected chi connectivity index (χ0v) is 20.1. The van der Waals surface area contributed by atoms with Crippen LogP contribution in [0.1, 0.15) is 53.5 Å². The molecule has 0 aromatic heterocycles. The van der Waals surface area contributed by atoms with Gasteiger partial charge in [-0.05, 0) is 59.9 Å². The summed E-state index contributed by atoms with van der Waals surface area (Å²) in [7, 11) is 0. The SMILES string of the molecule is O=C(NC1CCCC1)N[C@@](Cc1ccccc1)(c1ccc(F)cc1)c1cc(C(F)(F)F)cc(C(F)(F)F)c1. The summed E-state index contributed by atoms with van der Waals surface area (Å²) in [6, 6.07) is 13.3. The van der Waals surface area contributed by atoms with E-state index in [1.165, 1.54) is 12.1 Å². The largest absolute Gasteiger partial charge is 0.416 e. The Hall–Kier alpha value is -3.56. The Bertz CT molecular complexity index is 1220. The topological polar surface area (TPSA) is 41.1 Å². The standard InChI is InChI=1S/C28H25F7N2O/c29-23-12-10-19(11-13-23)26(17-18-6-2-1-3-7-18,37-25(38)36-24-8-4-5-9-24)20-14-21(27(30,31)32)16-22(15-20)28(33,34)35/h1-3,6-7,10-16,24H,4-5,8-9,17H2,(H2,36,37,38)/t26-/m0/s1. The van der Waals surface area contributed by atoms with Crippen LogP contribution in [0.25, 0.3) is 0 Å². The molecule has 0 bridgehead atoms. The van der Waals surface area contributed by atoms with Crippen LogP contribution >= 0.6 is 0 Å². The molecular formula is C28H25F7N2O. The average Bonchev–Trinajstić information content (AvgIpc) is 3.36. The predicted octanol–water partition coefficient (Wildman–Crippen LogP) is 7.59. The highest BCUT2D eigenvalue weighted by molar-refractivity contribution is 5.76. The van der Waals surface area contributed by atoms with Gasteiger partial charge in [-0.15, -0.1) is 0 Å². The average molecular weight is 539 g/mol. The van der Waals surface area contributed by atoms with Crippen molar-refractivity contribution in [3.63, 3.8) is 0 Å². The lowest BCUT2D eigenvalue weighted by atomic mass is 9.76. The van der Waals surface area contributed by atoms with E-state index in [2.05, 4.69) is 10.6 Å². The summed E-state index contributed by atoms with van der Waals surface area (Å²) in [6.45, 7) is 0. The van der Waals surface area contributed by atoms with Gasteiger partial charge in [0.15, 0.2) is 0 Å². The number of carbonyl (C=O) groups excluding carboxylic acids is 1. The summed E-state index contributed by atoms with van der Waals surface area (Å²) in [6.07, 6.45) is -7.20. The van der Waals surface area contributed by atoms with Crippen LogP contribution < -0.4 is 10.6 Å². The number of halogens is 7. The highest BCUT2D eigenvalue weighted by Gasteiger charge is 2.43. The van der Waals surface area contributed by atoms with E-state index in [0.29, 0.717) is 30.5 Å². The monoisotopic (exact) mass is 538 g/mol. The molecule has 1 fully saturated rings. The summed E-state index contributed by atoms with van der Waals surface area (Å²) >= 11 is 0. The quantitative estimate of drug-likeness (QED) is 0.312. The Labute approximate surface area is 215 Å². The van der Waals surface area contributed by atoms with Gasteiger partial charge in [-0.2, -0.15) is 26.3 Å². The van der Waals surface area contributed by atoms with Crippen LogP contribution in [0.2, 0.25) is 0 Å². The third kappa shape index (κ3) is 6.28. The van der Waals surface area contributed by atoms with Crippen LogP contribution in [0.5, 0.6) is 0 Å². The van der Waals surface area contributed by atoms with E-state index in [1.807, 2.05) is 0 Å². The van der Waals surface area contributed by atoms with E-state index in [4.69, 9.17) is 0 Å². The van der Waals surface area contributed by atoms with Crippen LogP contribution in [0.15, 0.2) is 72.8 Å². The Kier molecular flexibility index (Phi) is 7.71. The fraction of sp³-hybridized carbons (Fsp3) is 0.321. The summed E-state index contributed by atoms with van der Waals surface area (Å²) < 4.78 is 96.8. The molecule has 2 amide bonds. The van der Waals surface area contributed by atoms with Crippen molar-refractivity contribution in [2.75, 3.05) is 0 Å². The molecule has 0 spiro atoms. The molecule has 1 atom stereocenters. The molecule has 38 heavy (non-hydrogen) atoms. The molecule has 202 valence electrons. The normalized spacial score (nSPS) is 16.2. The Balaban J connectivity index is 1.96. The second-order valence-electron chi connectivity index (χ2n) is 9.45. The van der Waals surface area contributed by atoms with Crippen molar-refractivity contribution in [1.82, 2.24) is 10.6 Å². The molecule has 0 unspecified atom stereocenters. The number of benzene rings is 3. The summed E-state index contributed by atoms with van der Waals surface area (Å²) in [5.74, 6) is -0.655. The van der Waals surface area contributed by atoms with E-state index in [0.717, 1.165) is 25.0 Å². The first-order valence-corrected chi connectivity index (χ1v) is 12.1. The molecule has 3 aromatic carbocycles. The van der Waals surface area contributed by atoms with Gasteiger partial charge in [-0.1, -0.05) is 55.3 Å². The molecule has 3 nitrogen and oxygen atoms in total. The van der Waals surface area contributed by atoms with Gasteiger partial charge in [0.05, 0.1) is 16.7 Å². The van der Waals surface area contributed by atoms with Crippen molar-refractivity contribution in [2.24, 2.45) is 0 Å². The molecule has 10 heteroatoms. The second-order valence-corrected chi connectivity index (χ2v) is 9.45. The minimum absolute atomic E-state index is 0.0417. The molecule has 1 aliphatic carbocycles. The van der Waals surface area contributed by atoms with Crippen molar-refractivity contribution >= 4 is 6.03 Å². The van der Waals surface area contributed by atoms with Gasteiger partial charge >= 0.3 is 18.4 Å². The summed E-state index contributed by atoms with van der Waals surface area (Å²) in [5, 5.41) is 5.50. The lowest BCUT2D eigenvalue weighted by Crippen LogP contribution is -2.53. The van der Waals surface area contributed by atoms with Crippen molar-refractivity contribution < 1.29 is 35.5 Å². The number of hydrogen-bond donors (Lipinski definition) is 2. The van der Waals surface area contributed by atoms with Crippen molar-refractivity contribution in [1.29, 1.82) is 0 Å². The number of rotatable bonds is 6. The lowest BCUT2D eigenvalue weighted by Gasteiger charge is -2.37. The lowest BCUT2D eigenvalue weighted by molar-refractivity contribution is -0.143. The Morgan fingerprint density at radius 1 is 0.737 bits per heavy atom. The van der Waals surface area contributed by atoms with Gasteiger partial charge in [0.1, 0.15) is 5.82 Å². The highest BCUT2D eigenvalue weighted by atomic mass is 19.4. The maximum absolute atomic E-state index is 13.9. The fourth-order valence-corrected chi connectivity index (χ4v) is 4.88. The molecule has 0 saturated heterocycles.